The predicted octanol–water partition coefficient (Wildman–Crippen LogP) is 1.85. The fourth-order valence-corrected chi connectivity index (χ4v) is 5.85. The highest BCUT2D eigenvalue weighted by Crippen LogP contribution is 2.37. The van der Waals surface area contributed by atoms with Gasteiger partial charge in [0, 0.05) is 24.4 Å². The maximum absolute atomic E-state index is 12.8. The van der Waals surface area contributed by atoms with Crippen LogP contribution in [0.25, 0.3) is 0 Å². The van der Waals surface area contributed by atoms with Crippen molar-refractivity contribution in [1.29, 1.82) is 0 Å². The van der Waals surface area contributed by atoms with Crippen LogP contribution in [0.2, 0.25) is 0 Å². The molecule has 11 heteroatoms. The molecule has 1 atom stereocenters. The topological polar surface area (TPSA) is 125 Å². The van der Waals surface area contributed by atoms with Crippen molar-refractivity contribution in [3.63, 3.8) is 0 Å². The molecule has 0 aromatic heterocycles. The smallest absolute Gasteiger partial charge is 0.243 e. The van der Waals surface area contributed by atoms with Gasteiger partial charge in [0.1, 0.15) is 5.75 Å². The van der Waals surface area contributed by atoms with Crippen LogP contribution in [0.4, 0.5) is 11.4 Å². The highest BCUT2D eigenvalue weighted by Gasteiger charge is 2.30. The third-order valence-electron chi connectivity index (χ3n) is 4.93. The number of phenols is 1. The number of amides is 2. The summed E-state index contributed by atoms with van der Waals surface area (Å²) >= 11 is 1.28. The first kappa shape index (κ1) is 21.6. The van der Waals surface area contributed by atoms with Gasteiger partial charge in [-0.2, -0.15) is 4.31 Å². The summed E-state index contributed by atoms with van der Waals surface area (Å²) in [6.07, 6.45) is -0.134. The lowest BCUT2D eigenvalue weighted by Gasteiger charge is -2.26. The Hall–Kier alpha value is -2.60. The molecule has 2 aliphatic heterocycles. The molecule has 1 fully saturated rings. The van der Waals surface area contributed by atoms with Crippen LogP contribution in [-0.2, 0) is 24.3 Å². The monoisotopic (exact) mass is 463 g/mol. The van der Waals surface area contributed by atoms with Crippen LogP contribution in [-0.4, -0.2) is 61.2 Å². The van der Waals surface area contributed by atoms with Gasteiger partial charge in [0.15, 0.2) is 0 Å². The molecular formula is C20H21N3O6S2. The number of carbonyl (C=O) groups excluding carboxylic acids is 2. The number of thioether (sulfide) groups is 1. The van der Waals surface area contributed by atoms with Crippen molar-refractivity contribution in [1.82, 2.24) is 4.31 Å². The number of sulfonamides is 1. The van der Waals surface area contributed by atoms with Crippen LogP contribution in [0.15, 0.2) is 52.3 Å². The Bertz CT molecular complexity index is 1120. The molecule has 0 radical (unpaired) electrons. The maximum atomic E-state index is 12.8. The average Bonchev–Trinajstić information content (AvgIpc) is 2.76. The lowest BCUT2D eigenvalue weighted by molar-refractivity contribution is -0.120. The number of nitrogens with one attached hydrogen (secondary N) is 2. The van der Waals surface area contributed by atoms with Gasteiger partial charge >= 0.3 is 0 Å². The minimum Gasteiger partial charge on any atom is -0.506 e. The zero-order chi connectivity index (χ0) is 22.0. The van der Waals surface area contributed by atoms with Gasteiger partial charge in [0.25, 0.3) is 0 Å². The standard InChI is InChI=1S/C20H21N3O6S2/c24-16-6-5-13(31(27,28)23-7-9-29-10-8-23)11-15(16)21-19(25)12-18-20(26)22-14-3-1-2-4-17(14)30-18/h1-6,11,18,24H,7-10,12H2,(H,21,25)(H,22,26)/t18-/m1/s1. The highest BCUT2D eigenvalue weighted by atomic mass is 32.2. The lowest BCUT2D eigenvalue weighted by atomic mass is 10.2. The summed E-state index contributed by atoms with van der Waals surface area (Å²) in [4.78, 5) is 25.7. The van der Waals surface area contributed by atoms with Crippen LogP contribution in [0.1, 0.15) is 6.42 Å². The Balaban J connectivity index is 1.47. The van der Waals surface area contributed by atoms with Crippen molar-refractivity contribution in [2.45, 2.75) is 21.5 Å². The number of aromatic hydroxyl groups is 1. The summed E-state index contributed by atoms with van der Waals surface area (Å²) in [6.45, 7) is 1.09. The molecule has 2 heterocycles. The molecule has 0 aliphatic carbocycles. The molecule has 0 unspecified atom stereocenters. The lowest BCUT2D eigenvalue weighted by Crippen LogP contribution is -2.40. The molecule has 164 valence electrons. The van der Waals surface area contributed by atoms with E-state index in [0.717, 1.165) is 4.90 Å². The zero-order valence-corrected chi connectivity index (χ0v) is 18.0. The van der Waals surface area contributed by atoms with E-state index in [9.17, 15) is 23.1 Å². The molecule has 4 rings (SSSR count). The van der Waals surface area contributed by atoms with Crippen LogP contribution in [0.3, 0.4) is 0 Å². The van der Waals surface area contributed by atoms with Crippen LogP contribution < -0.4 is 10.6 Å². The van der Waals surface area contributed by atoms with Gasteiger partial charge in [-0.25, -0.2) is 8.42 Å². The van der Waals surface area contributed by atoms with Crippen molar-refractivity contribution in [3.8, 4) is 5.75 Å². The number of hydrogen-bond donors (Lipinski definition) is 3. The first-order valence-electron chi connectivity index (χ1n) is 9.62. The average molecular weight is 464 g/mol. The van der Waals surface area contributed by atoms with E-state index in [-0.39, 0.29) is 41.7 Å². The van der Waals surface area contributed by atoms with Crippen molar-refractivity contribution in [3.05, 3.63) is 42.5 Å². The molecule has 1 saturated heterocycles. The summed E-state index contributed by atoms with van der Waals surface area (Å²) in [5.74, 6) is -1.06. The van der Waals surface area contributed by atoms with Crippen LogP contribution in [0.5, 0.6) is 5.75 Å². The number of para-hydroxylation sites is 1. The molecule has 31 heavy (non-hydrogen) atoms. The number of hydrogen-bond acceptors (Lipinski definition) is 7. The summed E-state index contributed by atoms with van der Waals surface area (Å²) in [5, 5.41) is 14.8. The molecule has 0 spiro atoms. The number of morpholine rings is 1. The van der Waals surface area contributed by atoms with Crippen molar-refractivity contribution in [2.24, 2.45) is 0 Å². The molecule has 2 aliphatic rings. The fraction of sp³-hybridized carbons (Fsp3) is 0.300. The van der Waals surface area contributed by atoms with Crippen LogP contribution >= 0.6 is 11.8 Å². The van der Waals surface area contributed by atoms with Gasteiger partial charge < -0.3 is 20.5 Å². The van der Waals surface area contributed by atoms with E-state index >= 15 is 0 Å². The summed E-state index contributed by atoms with van der Waals surface area (Å²) in [6, 6.07) is 11.0. The van der Waals surface area contributed by atoms with Crippen molar-refractivity contribution in [2.75, 3.05) is 36.9 Å². The molecular weight excluding hydrogens is 442 g/mol. The van der Waals surface area contributed by atoms with Gasteiger partial charge in [-0.1, -0.05) is 12.1 Å². The first-order valence-corrected chi connectivity index (χ1v) is 11.9. The molecule has 0 saturated carbocycles. The quantitative estimate of drug-likeness (QED) is 0.578. The summed E-state index contributed by atoms with van der Waals surface area (Å²) in [7, 11) is -3.78. The number of phenolic OH excluding ortho intramolecular Hbond substituents is 1. The number of benzene rings is 2. The number of ether oxygens (including phenoxy) is 1. The molecule has 0 bridgehead atoms. The third kappa shape index (κ3) is 4.69. The Morgan fingerprint density at radius 1 is 1.23 bits per heavy atom. The van der Waals surface area contributed by atoms with E-state index in [2.05, 4.69) is 10.6 Å². The molecule has 2 aromatic rings. The summed E-state index contributed by atoms with van der Waals surface area (Å²) < 4.78 is 32.2. The minimum absolute atomic E-state index is 0.0269. The largest absolute Gasteiger partial charge is 0.506 e. The normalized spacial score (nSPS) is 19.4. The van der Waals surface area contributed by atoms with E-state index in [0.29, 0.717) is 18.9 Å². The zero-order valence-electron chi connectivity index (χ0n) is 16.4. The Labute approximate surface area is 183 Å². The van der Waals surface area contributed by atoms with Gasteiger partial charge in [0.05, 0.1) is 34.7 Å². The Kier molecular flexibility index (Phi) is 6.19. The second-order valence-corrected chi connectivity index (χ2v) is 10.2. The first-order chi connectivity index (χ1) is 14.8. The Morgan fingerprint density at radius 3 is 2.74 bits per heavy atom. The van der Waals surface area contributed by atoms with E-state index in [1.165, 1.54) is 34.3 Å². The molecule has 9 nitrogen and oxygen atoms in total. The summed E-state index contributed by atoms with van der Waals surface area (Å²) in [5.41, 5.74) is 0.675. The van der Waals surface area contributed by atoms with Gasteiger partial charge in [-0.05, 0) is 30.3 Å². The van der Waals surface area contributed by atoms with Crippen molar-refractivity contribution < 1.29 is 27.9 Å². The van der Waals surface area contributed by atoms with Gasteiger partial charge in [0.2, 0.25) is 21.8 Å². The van der Waals surface area contributed by atoms with E-state index < -0.39 is 21.2 Å². The molecule has 2 aromatic carbocycles. The molecule has 2 amide bonds. The van der Waals surface area contributed by atoms with Gasteiger partial charge in [-0.3, -0.25) is 9.59 Å². The number of anilines is 2. The highest BCUT2D eigenvalue weighted by molar-refractivity contribution is 8.01. The number of nitrogens with zero attached hydrogens (tertiary/aromatic N) is 1. The van der Waals surface area contributed by atoms with E-state index in [1.54, 1.807) is 6.07 Å². The van der Waals surface area contributed by atoms with Gasteiger partial charge in [-0.15, -0.1) is 11.8 Å². The SMILES string of the molecule is O=C(C[C@H]1Sc2ccccc2NC1=O)Nc1cc(S(=O)(=O)N2CCOCC2)ccc1O. The van der Waals surface area contributed by atoms with Crippen molar-refractivity contribution >= 4 is 45.0 Å². The van der Waals surface area contributed by atoms with E-state index in [4.69, 9.17) is 4.74 Å². The number of fused-ring (bicyclic) bond motifs is 1. The second-order valence-electron chi connectivity index (χ2n) is 7.04. The third-order valence-corrected chi connectivity index (χ3v) is 8.10. The minimum atomic E-state index is -3.78. The maximum Gasteiger partial charge on any atom is 0.243 e. The number of rotatable bonds is 5. The fourth-order valence-electron chi connectivity index (χ4n) is 3.31. The van der Waals surface area contributed by atoms with Crippen LogP contribution in [0, 0.1) is 0 Å². The number of carbonyl (C=O) groups is 2. The Morgan fingerprint density at radius 2 is 1.97 bits per heavy atom. The predicted molar refractivity (Wildman–Crippen MR) is 116 cm³/mol. The molecule has 3 N–H and O–H groups in total. The second kappa shape index (κ2) is 8.87. The van der Waals surface area contributed by atoms with E-state index in [1.807, 2.05) is 18.2 Å².